The predicted octanol–water partition coefficient (Wildman–Crippen LogP) is 2.29. The van der Waals surface area contributed by atoms with Gasteiger partial charge in [0.05, 0.1) is 0 Å². The van der Waals surface area contributed by atoms with E-state index in [1.807, 2.05) is 0 Å². The molecule has 0 aliphatic heterocycles. The summed E-state index contributed by atoms with van der Waals surface area (Å²) in [6.45, 7) is 5.10. The fraction of sp³-hybridized carbons (Fsp3) is 0.750. The molecule has 0 heterocycles. The average Bonchev–Trinajstić information content (AvgIpc) is 2.54. The molecule has 9 nitrogen and oxygen atoms in total. The minimum Gasteiger partial charge on any atom is -0.461 e. The second-order valence-corrected chi connectivity index (χ2v) is 9.02. The van der Waals surface area contributed by atoms with Gasteiger partial charge in [-0.15, -0.1) is 0 Å². The Kier molecular flexibility index (Phi) is 10.1. The first kappa shape index (κ1) is 22.5. The number of rotatable bonds is 12. The van der Waals surface area contributed by atoms with Crippen molar-refractivity contribution in [1.29, 1.82) is 0 Å². The summed E-state index contributed by atoms with van der Waals surface area (Å²) in [5, 5.41) is 0. The molecule has 0 fully saturated rings. The summed E-state index contributed by atoms with van der Waals surface area (Å²) in [5.41, 5.74) is 0.260. The van der Waals surface area contributed by atoms with Crippen molar-refractivity contribution in [3.63, 3.8) is 0 Å². The van der Waals surface area contributed by atoms with Crippen LogP contribution in [0.3, 0.4) is 0 Å². The van der Waals surface area contributed by atoms with Crippen molar-refractivity contribution in [2.45, 2.75) is 6.92 Å². The lowest BCUT2D eigenvalue weighted by atomic mass is 10.4. The molecular formula is C12H25NO8P2. The Morgan fingerprint density at radius 2 is 1.35 bits per heavy atom. The summed E-state index contributed by atoms with van der Waals surface area (Å²) in [6.07, 6.45) is -0.331. The Labute approximate surface area is 136 Å². The quantitative estimate of drug-likeness (QED) is 0.290. The average molecular weight is 373 g/mol. The zero-order valence-electron chi connectivity index (χ0n) is 14.1. The standard InChI is InChI=1S/C12H25NO8P2/c1-11(2)12(14)21-8-7-13(9-22(15,17-3)18-4)10-23(16,19-5)20-6/h1,7-10H2,2-6H3. The van der Waals surface area contributed by atoms with Gasteiger partial charge in [-0.3, -0.25) is 14.0 Å². The van der Waals surface area contributed by atoms with E-state index in [1.54, 1.807) is 0 Å². The van der Waals surface area contributed by atoms with E-state index in [0.29, 0.717) is 0 Å². The van der Waals surface area contributed by atoms with Crippen LogP contribution in [0.1, 0.15) is 6.92 Å². The summed E-state index contributed by atoms with van der Waals surface area (Å²) in [4.78, 5) is 12.8. The smallest absolute Gasteiger partial charge is 0.344 e. The highest BCUT2D eigenvalue weighted by Gasteiger charge is 2.31. The minimum atomic E-state index is -3.39. The highest BCUT2D eigenvalue weighted by molar-refractivity contribution is 7.54. The third-order valence-corrected chi connectivity index (χ3v) is 6.57. The number of carbonyl (C=O) groups excluding carboxylic acids is 1. The van der Waals surface area contributed by atoms with E-state index >= 15 is 0 Å². The van der Waals surface area contributed by atoms with Crippen LogP contribution in [0.5, 0.6) is 0 Å². The lowest BCUT2D eigenvalue weighted by Crippen LogP contribution is -2.31. The van der Waals surface area contributed by atoms with Gasteiger partial charge in [0, 0.05) is 40.6 Å². The van der Waals surface area contributed by atoms with E-state index in [2.05, 4.69) is 6.58 Å². The highest BCUT2D eigenvalue weighted by Crippen LogP contribution is 2.51. The third kappa shape index (κ3) is 8.22. The largest absolute Gasteiger partial charge is 0.461 e. The second kappa shape index (κ2) is 10.4. The van der Waals surface area contributed by atoms with Crippen molar-refractivity contribution in [1.82, 2.24) is 4.90 Å². The molecule has 136 valence electrons. The fourth-order valence-electron chi connectivity index (χ4n) is 1.45. The van der Waals surface area contributed by atoms with Crippen molar-refractivity contribution in [2.75, 3.05) is 54.2 Å². The van der Waals surface area contributed by atoms with Crippen molar-refractivity contribution >= 4 is 21.2 Å². The maximum Gasteiger partial charge on any atom is 0.344 e. The molecule has 0 spiro atoms. The molecule has 0 bridgehead atoms. The number of carbonyl (C=O) groups is 1. The second-order valence-electron chi connectivity index (χ2n) is 4.55. The molecule has 0 aromatic carbocycles. The van der Waals surface area contributed by atoms with Crippen molar-refractivity contribution in [3.8, 4) is 0 Å². The van der Waals surface area contributed by atoms with Crippen molar-refractivity contribution in [3.05, 3.63) is 12.2 Å². The van der Waals surface area contributed by atoms with E-state index in [0.717, 1.165) is 0 Å². The normalized spacial score (nSPS) is 12.4. The van der Waals surface area contributed by atoms with Crippen LogP contribution in [0.15, 0.2) is 12.2 Å². The summed E-state index contributed by atoms with van der Waals surface area (Å²) < 4.78 is 48.9. The van der Waals surface area contributed by atoms with Gasteiger partial charge in [-0.2, -0.15) is 0 Å². The summed E-state index contributed by atoms with van der Waals surface area (Å²) >= 11 is 0. The van der Waals surface area contributed by atoms with Crippen LogP contribution in [0.2, 0.25) is 0 Å². The number of ether oxygens (including phenoxy) is 1. The van der Waals surface area contributed by atoms with E-state index in [-0.39, 0.29) is 31.3 Å². The van der Waals surface area contributed by atoms with Gasteiger partial charge in [-0.1, -0.05) is 6.58 Å². The molecular weight excluding hydrogens is 348 g/mol. The Morgan fingerprint density at radius 3 is 1.65 bits per heavy atom. The molecule has 0 aliphatic rings. The molecule has 0 aromatic rings. The minimum absolute atomic E-state index is 0.0213. The van der Waals surface area contributed by atoms with Crippen molar-refractivity contribution in [2.24, 2.45) is 0 Å². The van der Waals surface area contributed by atoms with Gasteiger partial charge in [-0.05, 0) is 6.92 Å². The van der Waals surface area contributed by atoms with Crippen LogP contribution in [-0.4, -0.2) is 65.0 Å². The molecule has 0 aliphatic carbocycles. The van der Waals surface area contributed by atoms with Crippen LogP contribution < -0.4 is 0 Å². The molecule has 0 amide bonds. The van der Waals surface area contributed by atoms with Gasteiger partial charge in [0.2, 0.25) is 0 Å². The molecule has 0 radical (unpaired) electrons. The molecule has 0 saturated heterocycles. The van der Waals surface area contributed by atoms with Crippen LogP contribution >= 0.6 is 15.2 Å². The van der Waals surface area contributed by atoms with Gasteiger partial charge >= 0.3 is 21.2 Å². The number of nitrogens with zero attached hydrogens (tertiary/aromatic N) is 1. The summed E-state index contributed by atoms with van der Waals surface area (Å²) in [5.74, 6) is -0.548. The van der Waals surface area contributed by atoms with Crippen LogP contribution in [0.25, 0.3) is 0 Å². The molecule has 0 rings (SSSR count). The SMILES string of the molecule is C=C(C)C(=O)OCCN(CP(=O)(OC)OC)CP(=O)(OC)OC. The number of esters is 1. The molecule has 0 atom stereocenters. The molecule has 0 aromatic heterocycles. The molecule has 0 N–H and O–H groups in total. The first-order valence-corrected chi connectivity index (χ1v) is 10.1. The number of hydrogen-bond donors (Lipinski definition) is 0. The van der Waals surface area contributed by atoms with Gasteiger partial charge in [0.15, 0.2) is 0 Å². The van der Waals surface area contributed by atoms with E-state index in [4.69, 9.17) is 22.8 Å². The zero-order valence-corrected chi connectivity index (χ0v) is 15.9. The summed E-state index contributed by atoms with van der Waals surface area (Å²) in [7, 11) is -1.80. The zero-order chi connectivity index (χ0) is 18.1. The monoisotopic (exact) mass is 373 g/mol. The molecule has 0 saturated carbocycles. The fourth-order valence-corrected chi connectivity index (χ4v) is 3.83. The Balaban J connectivity index is 4.93. The maximum absolute atomic E-state index is 12.2. The Morgan fingerprint density at radius 1 is 0.957 bits per heavy atom. The topological polar surface area (TPSA) is 101 Å². The molecule has 0 unspecified atom stereocenters. The first-order chi connectivity index (χ1) is 10.6. The first-order valence-electron chi connectivity index (χ1n) is 6.61. The van der Waals surface area contributed by atoms with Gasteiger partial charge < -0.3 is 22.8 Å². The third-order valence-electron chi connectivity index (χ3n) is 2.85. The molecule has 11 heteroatoms. The Hall–Kier alpha value is -0.530. The maximum atomic E-state index is 12.2. The van der Waals surface area contributed by atoms with E-state index < -0.39 is 21.2 Å². The van der Waals surface area contributed by atoms with Crippen LogP contribution in [0, 0.1) is 0 Å². The highest BCUT2D eigenvalue weighted by atomic mass is 31.2. The Bertz CT molecular complexity index is 451. The van der Waals surface area contributed by atoms with E-state index in [9.17, 15) is 13.9 Å². The van der Waals surface area contributed by atoms with Crippen molar-refractivity contribution < 1.29 is 36.8 Å². The lowest BCUT2D eigenvalue weighted by molar-refractivity contribution is -0.139. The van der Waals surface area contributed by atoms with Gasteiger partial charge in [0.25, 0.3) is 0 Å². The van der Waals surface area contributed by atoms with Crippen LogP contribution in [-0.2, 0) is 36.8 Å². The van der Waals surface area contributed by atoms with E-state index in [1.165, 1.54) is 40.3 Å². The van der Waals surface area contributed by atoms with Gasteiger partial charge in [-0.25, -0.2) is 4.79 Å². The lowest BCUT2D eigenvalue weighted by Gasteiger charge is -2.27. The summed E-state index contributed by atoms with van der Waals surface area (Å²) in [6, 6.07) is 0. The number of hydrogen-bond acceptors (Lipinski definition) is 9. The predicted molar refractivity (Wildman–Crippen MR) is 85.5 cm³/mol. The molecule has 23 heavy (non-hydrogen) atoms. The van der Waals surface area contributed by atoms with Gasteiger partial charge in [0.1, 0.15) is 19.2 Å². The van der Waals surface area contributed by atoms with Crippen LogP contribution in [0.4, 0.5) is 0 Å².